The van der Waals surface area contributed by atoms with Gasteiger partial charge in [0.2, 0.25) is 0 Å². The van der Waals surface area contributed by atoms with Crippen molar-refractivity contribution in [3.05, 3.63) is 106 Å². The fourth-order valence-electron chi connectivity index (χ4n) is 3.70. The number of imidazole rings is 1. The molecule has 35 heavy (non-hydrogen) atoms. The molecule has 0 aliphatic heterocycles. The Morgan fingerprint density at radius 1 is 1.03 bits per heavy atom. The minimum absolute atomic E-state index is 0.00582. The normalized spacial score (nSPS) is 12.0. The standard InChI is InChI=1S/C26H18FN5O2S/c27-17-11-9-16(10-12-17)14-32-25(34)18-5-1-2-6-20(18)31-26(32)35-15-23(33)19(13-28)24-29-21-7-3-4-8-22(21)30-24/h1-12,33H,14-15H2,(H,29,30). The molecule has 7 nitrogen and oxygen atoms in total. The van der Waals surface area contributed by atoms with Crippen LogP contribution in [0.1, 0.15) is 11.4 Å². The number of nitriles is 1. The Morgan fingerprint density at radius 2 is 1.74 bits per heavy atom. The monoisotopic (exact) mass is 483 g/mol. The quantitative estimate of drug-likeness (QED) is 0.152. The number of aliphatic hydroxyl groups excluding tert-OH is 1. The largest absolute Gasteiger partial charge is 0.510 e. The molecule has 2 N–H and O–H groups in total. The molecule has 0 unspecified atom stereocenters. The zero-order chi connectivity index (χ0) is 24.4. The van der Waals surface area contributed by atoms with Gasteiger partial charge in [-0.2, -0.15) is 5.26 Å². The van der Waals surface area contributed by atoms with E-state index in [4.69, 9.17) is 0 Å². The van der Waals surface area contributed by atoms with E-state index in [1.54, 1.807) is 36.4 Å². The maximum atomic E-state index is 13.4. The third-order valence-electron chi connectivity index (χ3n) is 5.45. The highest BCUT2D eigenvalue weighted by molar-refractivity contribution is 7.99. The first-order chi connectivity index (χ1) is 17.0. The maximum absolute atomic E-state index is 13.4. The van der Waals surface area contributed by atoms with Crippen molar-refractivity contribution in [3.8, 4) is 6.07 Å². The molecule has 0 aliphatic rings. The zero-order valence-electron chi connectivity index (χ0n) is 18.3. The van der Waals surface area contributed by atoms with Crippen LogP contribution < -0.4 is 5.56 Å². The molecular weight excluding hydrogens is 465 g/mol. The first-order valence-electron chi connectivity index (χ1n) is 10.7. The first kappa shape index (κ1) is 22.4. The SMILES string of the molecule is N#CC(=C(O)CSc1nc2ccccc2c(=O)n1Cc1ccc(F)cc1)c1nc2ccccc2[nH]1. The highest BCUT2D eigenvalue weighted by atomic mass is 32.2. The molecule has 172 valence electrons. The molecule has 0 atom stereocenters. The number of halogens is 1. The van der Waals surface area contributed by atoms with Crippen molar-refractivity contribution in [2.45, 2.75) is 11.7 Å². The Balaban J connectivity index is 1.51. The van der Waals surface area contributed by atoms with E-state index in [9.17, 15) is 19.6 Å². The predicted octanol–water partition coefficient (Wildman–Crippen LogP) is 5.05. The van der Waals surface area contributed by atoms with Crippen LogP contribution in [-0.4, -0.2) is 30.4 Å². The Hall–Kier alpha value is -4.42. The zero-order valence-corrected chi connectivity index (χ0v) is 19.1. The van der Waals surface area contributed by atoms with Gasteiger partial charge in [-0.25, -0.2) is 14.4 Å². The second kappa shape index (κ2) is 9.44. The Bertz CT molecular complexity index is 1650. The van der Waals surface area contributed by atoms with Crippen molar-refractivity contribution in [1.29, 1.82) is 5.26 Å². The van der Waals surface area contributed by atoms with E-state index in [0.717, 1.165) is 22.8 Å². The van der Waals surface area contributed by atoms with Crippen molar-refractivity contribution < 1.29 is 9.50 Å². The number of nitrogens with one attached hydrogen (secondary N) is 1. The summed E-state index contributed by atoms with van der Waals surface area (Å²) >= 11 is 1.13. The molecule has 2 heterocycles. The molecule has 0 radical (unpaired) electrons. The topological polar surface area (TPSA) is 108 Å². The summed E-state index contributed by atoms with van der Waals surface area (Å²) in [5.41, 5.74) is 2.45. The molecule has 3 aromatic carbocycles. The number of rotatable bonds is 6. The van der Waals surface area contributed by atoms with Gasteiger partial charge in [0.1, 0.15) is 23.2 Å². The molecule has 0 saturated carbocycles. The fourth-order valence-corrected chi connectivity index (χ4v) is 4.58. The number of hydrogen-bond acceptors (Lipinski definition) is 6. The first-order valence-corrected chi connectivity index (χ1v) is 11.7. The summed E-state index contributed by atoms with van der Waals surface area (Å²) in [6, 6.07) is 22.2. The van der Waals surface area contributed by atoms with Crippen molar-refractivity contribution in [2.24, 2.45) is 0 Å². The van der Waals surface area contributed by atoms with E-state index in [2.05, 4.69) is 15.0 Å². The number of benzene rings is 3. The van der Waals surface area contributed by atoms with E-state index in [1.807, 2.05) is 30.3 Å². The summed E-state index contributed by atoms with van der Waals surface area (Å²) in [6.07, 6.45) is 0. The van der Waals surface area contributed by atoms with Gasteiger partial charge in [-0.1, -0.05) is 48.2 Å². The number of nitrogens with zero attached hydrogens (tertiary/aromatic N) is 4. The Labute approximate surface area is 203 Å². The summed E-state index contributed by atoms with van der Waals surface area (Å²) in [5, 5.41) is 21.3. The number of aromatic nitrogens is 4. The predicted molar refractivity (Wildman–Crippen MR) is 133 cm³/mol. The van der Waals surface area contributed by atoms with E-state index in [0.29, 0.717) is 21.6 Å². The lowest BCUT2D eigenvalue weighted by molar-refractivity contribution is 0.420. The molecular formula is C26H18FN5O2S. The Kier molecular flexibility index (Phi) is 6.04. The molecule has 9 heteroatoms. The van der Waals surface area contributed by atoms with Gasteiger partial charge in [-0.3, -0.25) is 9.36 Å². The number of fused-ring (bicyclic) bond motifs is 2. The van der Waals surface area contributed by atoms with Gasteiger partial charge >= 0.3 is 0 Å². The number of H-pyrrole nitrogens is 1. The van der Waals surface area contributed by atoms with Crippen LogP contribution in [0.25, 0.3) is 27.5 Å². The van der Waals surface area contributed by atoms with Gasteiger partial charge in [0.15, 0.2) is 11.0 Å². The van der Waals surface area contributed by atoms with Gasteiger partial charge in [-0.15, -0.1) is 0 Å². The van der Waals surface area contributed by atoms with Crippen LogP contribution >= 0.6 is 11.8 Å². The van der Waals surface area contributed by atoms with Gasteiger partial charge < -0.3 is 10.1 Å². The molecule has 0 spiro atoms. The maximum Gasteiger partial charge on any atom is 0.262 e. The van der Waals surface area contributed by atoms with E-state index in [1.165, 1.54) is 16.7 Å². The van der Waals surface area contributed by atoms with Gasteiger partial charge in [-0.05, 0) is 42.0 Å². The molecule has 0 bridgehead atoms. The van der Waals surface area contributed by atoms with Crippen LogP contribution in [0.2, 0.25) is 0 Å². The molecule has 2 aromatic heterocycles. The number of hydrogen-bond donors (Lipinski definition) is 2. The fraction of sp³-hybridized carbons (Fsp3) is 0.0769. The van der Waals surface area contributed by atoms with Crippen LogP contribution in [0.15, 0.2) is 88.5 Å². The average molecular weight is 484 g/mol. The highest BCUT2D eigenvalue weighted by Gasteiger charge is 2.17. The molecule has 0 aliphatic carbocycles. The number of aromatic amines is 1. The van der Waals surface area contributed by atoms with Gasteiger partial charge in [0.05, 0.1) is 34.2 Å². The van der Waals surface area contributed by atoms with E-state index < -0.39 is 0 Å². The van der Waals surface area contributed by atoms with E-state index >= 15 is 0 Å². The van der Waals surface area contributed by atoms with Crippen LogP contribution in [0.5, 0.6) is 0 Å². The summed E-state index contributed by atoms with van der Waals surface area (Å²) in [6.45, 7) is 0.179. The van der Waals surface area contributed by atoms with E-state index in [-0.39, 0.29) is 40.8 Å². The summed E-state index contributed by atoms with van der Waals surface area (Å²) in [5.74, 6) is -0.292. The minimum Gasteiger partial charge on any atom is -0.510 e. The number of aliphatic hydroxyl groups is 1. The molecule has 5 rings (SSSR count). The van der Waals surface area contributed by atoms with Gasteiger partial charge in [0.25, 0.3) is 5.56 Å². The molecule has 0 fully saturated rings. The van der Waals surface area contributed by atoms with Crippen LogP contribution in [0, 0.1) is 17.1 Å². The van der Waals surface area contributed by atoms with Crippen LogP contribution in [0.3, 0.4) is 0 Å². The molecule has 0 amide bonds. The minimum atomic E-state index is -0.364. The average Bonchev–Trinajstić information content (AvgIpc) is 3.30. The third-order valence-corrected chi connectivity index (χ3v) is 6.43. The lowest BCUT2D eigenvalue weighted by Gasteiger charge is -2.13. The number of allylic oxidation sites excluding steroid dienone is 1. The lowest BCUT2D eigenvalue weighted by Crippen LogP contribution is -2.24. The Morgan fingerprint density at radius 3 is 2.49 bits per heavy atom. The molecule has 5 aromatic rings. The van der Waals surface area contributed by atoms with Gasteiger partial charge in [0, 0.05) is 0 Å². The molecule has 0 saturated heterocycles. The van der Waals surface area contributed by atoms with Crippen LogP contribution in [-0.2, 0) is 6.54 Å². The smallest absolute Gasteiger partial charge is 0.262 e. The van der Waals surface area contributed by atoms with Crippen molar-refractivity contribution in [2.75, 3.05) is 5.75 Å². The summed E-state index contributed by atoms with van der Waals surface area (Å²) < 4.78 is 14.9. The second-order valence-electron chi connectivity index (χ2n) is 7.75. The van der Waals surface area contributed by atoms with Crippen molar-refractivity contribution >= 4 is 39.3 Å². The number of thioether (sulfide) groups is 1. The number of para-hydroxylation sites is 3. The summed E-state index contributed by atoms with van der Waals surface area (Å²) in [7, 11) is 0. The summed E-state index contributed by atoms with van der Waals surface area (Å²) in [4.78, 5) is 25.3. The second-order valence-corrected chi connectivity index (χ2v) is 8.70. The van der Waals surface area contributed by atoms with Crippen molar-refractivity contribution in [1.82, 2.24) is 19.5 Å². The van der Waals surface area contributed by atoms with Crippen molar-refractivity contribution in [3.63, 3.8) is 0 Å². The van der Waals surface area contributed by atoms with Crippen LogP contribution in [0.4, 0.5) is 4.39 Å². The third kappa shape index (κ3) is 4.52. The highest BCUT2D eigenvalue weighted by Crippen LogP contribution is 2.25. The lowest BCUT2D eigenvalue weighted by atomic mass is 10.2.